The summed E-state index contributed by atoms with van der Waals surface area (Å²) in [7, 11) is 0. The van der Waals surface area contributed by atoms with Crippen LogP contribution in [0, 0.1) is 0 Å². The minimum atomic E-state index is 0.0932. The lowest BCUT2D eigenvalue weighted by molar-refractivity contribution is 0.0623. The number of rotatable bonds is 5. The standard InChI is InChI=1S/C23H30N4O/c24-15-21-5-1-2-14-27(21)23(28)20-9-7-19(8-10-20)22-11-6-18(16-25-22)17-26-12-3-4-13-26/h6-11,16,21H,1-5,12-15,17,24H2/t21-/m1/s1. The molecule has 2 N–H and O–H groups in total. The number of likely N-dealkylation sites (tertiary alicyclic amines) is 2. The molecule has 5 heteroatoms. The molecular formula is C23H30N4O. The molecular weight excluding hydrogens is 348 g/mol. The number of hydrogen-bond acceptors (Lipinski definition) is 4. The molecule has 3 heterocycles. The highest BCUT2D eigenvalue weighted by Gasteiger charge is 2.26. The summed E-state index contributed by atoms with van der Waals surface area (Å²) in [5, 5.41) is 0. The van der Waals surface area contributed by atoms with Crippen LogP contribution in [-0.4, -0.2) is 52.9 Å². The zero-order valence-corrected chi connectivity index (χ0v) is 16.5. The van der Waals surface area contributed by atoms with E-state index in [1.54, 1.807) is 0 Å². The number of nitrogens with zero attached hydrogens (tertiary/aromatic N) is 3. The Bertz CT molecular complexity index is 781. The number of nitrogens with two attached hydrogens (primary N) is 1. The van der Waals surface area contributed by atoms with E-state index in [1.807, 2.05) is 35.4 Å². The monoisotopic (exact) mass is 378 g/mol. The van der Waals surface area contributed by atoms with Crippen LogP contribution >= 0.6 is 0 Å². The van der Waals surface area contributed by atoms with Gasteiger partial charge in [-0.25, -0.2) is 0 Å². The lowest BCUT2D eigenvalue weighted by Gasteiger charge is -2.35. The van der Waals surface area contributed by atoms with Gasteiger partial charge in [0.25, 0.3) is 5.91 Å². The summed E-state index contributed by atoms with van der Waals surface area (Å²) in [4.78, 5) is 21.9. The van der Waals surface area contributed by atoms with Crippen LogP contribution in [-0.2, 0) is 6.54 Å². The number of carbonyl (C=O) groups excluding carboxylic acids is 1. The van der Waals surface area contributed by atoms with Crippen molar-refractivity contribution in [2.24, 2.45) is 5.73 Å². The first kappa shape index (κ1) is 19.1. The summed E-state index contributed by atoms with van der Waals surface area (Å²) in [6, 6.07) is 12.2. The van der Waals surface area contributed by atoms with Gasteiger partial charge < -0.3 is 10.6 Å². The van der Waals surface area contributed by atoms with Crippen LogP contribution in [0.25, 0.3) is 11.3 Å². The van der Waals surface area contributed by atoms with Crippen molar-refractivity contribution in [3.8, 4) is 11.3 Å². The fourth-order valence-electron chi connectivity index (χ4n) is 4.35. The zero-order valence-electron chi connectivity index (χ0n) is 16.5. The zero-order chi connectivity index (χ0) is 19.3. The van der Waals surface area contributed by atoms with Crippen molar-refractivity contribution >= 4 is 5.91 Å². The highest BCUT2D eigenvalue weighted by molar-refractivity contribution is 5.95. The van der Waals surface area contributed by atoms with Crippen LogP contribution in [0.5, 0.6) is 0 Å². The van der Waals surface area contributed by atoms with Crippen molar-refractivity contribution in [1.29, 1.82) is 0 Å². The molecule has 0 unspecified atom stereocenters. The van der Waals surface area contributed by atoms with Crippen molar-refractivity contribution in [3.05, 3.63) is 53.7 Å². The highest BCUT2D eigenvalue weighted by atomic mass is 16.2. The number of carbonyl (C=O) groups is 1. The van der Waals surface area contributed by atoms with Gasteiger partial charge in [-0.1, -0.05) is 18.2 Å². The Hall–Kier alpha value is -2.24. The van der Waals surface area contributed by atoms with Gasteiger partial charge in [-0.2, -0.15) is 0 Å². The average molecular weight is 379 g/mol. The number of hydrogen-bond donors (Lipinski definition) is 1. The van der Waals surface area contributed by atoms with Crippen LogP contribution < -0.4 is 5.73 Å². The number of benzene rings is 1. The lowest BCUT2D eigenvalue weighted by Crippen LogP contribution is -2.47. The maximum absolute atomic E-state index is 12.9. The van der Waals surface area contributed by atoms with E-state index < -0.39 is 0 Å². The second-order valence-electron chi connectivity index (χ2n) is 8.00. The molecule has 5 nitrogen and oxygen atoms in total. The van der Waals surface area contributed by atoms with Crippen molar-refractivity contribution in [2.75, 3.05) is 26.2 Å². The van der Waals surface area contributed by atoms with Crippen molar-refractivity contribution in [2.45, 2.75) is 44.7 Å². The molecule has 1 amide bonds. The Labute approximate surface area is 167 Å². The van der Waals surface area contributed by atoms with Gasteiger partial charge in [0, 0.05) is 43.0 Å². The summed E-state index contributed by atoms with van der Waals surface area (Å²) < 4.78 is 0. The normalized spacial score (nSPS) is 20.5. The molecule has 4 rings (SSSR count). The van der Waals surface area contributed by atoms with Gasteiger partial charge in [0.05, 0.1) is 5.69 Å². The highest BCUT2D eigenvalue weighted by Crippen LogP contribution is 2.22. The fraction of sp³-hybridized carbons (Fsp3) is 0.478. The Kier molecular flexibility index (Phi) is 6.03. The third kappa shape index (κ3) is 4.26. The summed E-state index contributed by atoms with van der Waals surface area (Å²) in [5.74, 6) is 0.0932. The molecule has 2 aliphatic heterocycles. The number of amides is 1. The second kappa shape index (κ2) is 8.84. The molecule has 1 atom stereocenters. The summed E-state index contributed by atoms with van der Waals surface area (Å²) in [6.45, 7) is 4.72. The average Bonchev–Trinajstić information content (AvgIpc) is 3.27. The Morgan fingerprint density at radius 2 is 1.75 bits per heavy atom. The number of pyridine rings is 1. The first-order valence-corrected chi connectivity index (χ1v) is 10.5. The minimum absolute atomic E-state index is 0.0932. The van der Waals surface area contributed by atoms with Gasteiger partial charge in [-0.15, -0.1) is 0 Å². The molecule has 2 fully saturated rings. The molecule has 148 valence electrons. The first-order chi connectivity index (χ1) is 13.7. The molecule has 2 aromatic rings. The van der Waals surface area contributed by atoms with Gasteiger partial charge in [0.1, 0.15) is 0 Å². The molecule has 1 aromatic carbocycles. The summed E-state index contributed by atoms with van der Waals surface area (Å²) >= 11 is 0. The van der Waals surface area contributed by atoms with Gasteiger partial charge in [-0.3, -0.25) is 14.7 Å². The van der Waals surface area contributed by atoms with E-state index in [-0.39, 0.29) is 11.9 Å². The SMILES string of the molecule is NC[C@H]1CCCCN1C(=O)c1ccc(-c2ccc(CN3CCCC3)cn2)cc1. The van der Waals surface area contributed by atoms with Crippen LogP contribution in [0.1, 0.15) is 48.0 Å². The van der Waals surface area contributed by atoms with E-state index in [4.69, 9.17) is 5.73 Å². The third-order valence-electron chi connectivity index (χ3n) is 6.02. The molecule has 1 aromatic heterocycles. The van der Waals surface area contributed by atoms with E-state index >= 15 is 0 Å². The van der Waals surface area contributed by atoms with Crippen LogP contribution in [0.3, 0.4) is 0 Å². The molecule has 2 aliphatic rings. The van der Waals surface area contributed by atoms with Gasteiger partial charge in [0.15, 0.2) is 0 Å². The quantitative estimate of drug-likeness (QED) is 0.867. The van der Waals surface area contributed by atoms with Gasteiger partial charge in [-0.05, 0) is 69.0 Å². The predicted molar refractivity (Wildman–Crippen MR) is 112 cm³/mol. The topological polar surface area (TPSA) is 62.5 Å². The van der Waals surface area contributed by atoms with E-state index in [2.05, 4.69) is 22.0 Å². The minimum Gasteiger partial charge on any atom is -0.334 e. The van der Waals surface area contributed by atoms with Crippen LogP contribution in [0.2, 0.25) is 0 Å². The van der Waals surface area contributed by atoms with Crippen LogP contribution in [0.4, 0.5) is 0 Å². The first-order valence-electron chi connectivity index (χ1n) is 10.5. The molecule has 2 saturated heterocycles. The van der Waals surface area contributed by atoms with Crippen LogP contribution in [0.15, 0.2) is 42.6 Å². The lowest BCUT2D eigenvalue weighted by atomic mass is 10.00. The van der Waals surface area contributed by atoms with Crippen molar-refractivity contribution in [1.82, 2.24) is 14.8 Å². The second-order valence-corrected chi connectivity index (χ2v) is 8.00. The molecule has 0 aliphatic carbocycles. The Balaban J connectivity index is 1.43. The van der Waals surface area contributed by atoms with E-state index in [0.717, 1.165) is 49.2 Å². The van der Waals surface area contributed by atoms with E-state index in [9.17, 15) is 4.79 Å². The number of aromatic nitrogens is 1. The van der Waals surface area contributed by atoms with Crippen molar-refractivity contribution < 1.29 is 4.79 Å². The van der Waals surface area contributed by atoms with Gasteiger partial charge >= 0.3 is 0 Å². The maximum atomic E-state index is 12.9. The van der Waals surface area contributed by atoms with Crippen molar-refractivity contribution in [3.63, 3.8) is 0 Å². The third-order valence-corrected chi connectivity index (χ3v) is 6.02. The number of piperidine rings is 1. The predicted octanol–water partition coefficient (Wildman–Crippen LogP) is 3.30. The smallest absolute Gasteiger partial charge is 0.254 e. The fourth-order valence-corrected chi connectivity index (χ4v) is 4.35. The summed E-state index contributed by atoms with van der Waals surface area (Å²) in [6.07, 6.45) is 7.82. The molecule has 28 heavy (non-hydrogen) atoms. The summed E-state index contributed by atoms with van der Waals surface area (Å²) in [5.41, 5.74) is 9.85. The Morgan fingerprint density at radius 3 is 2.43 bits per heavy atom. The van der Waals surface area contributed by atoms with Gasteiger partial charge in [0.2, 0.25) is 0 Å². The van der Waals surface area contributed by atoms with E-state index in [1.165, 1.54) is 31.5 Å². The Morgan fingerprint density at radius 1 is 1.00 bits per heavy atom. The molecule has 0 radical (unpaired) electrons. The maximum Gasteiger partial charge on any atom is 0.254 e. The molecule has 0 saturated carbocycles. The molecule has 0 spiro atoms. The molecule has 0 bridgehead atoms. The largest absolute Gasteiger partial charge is 0.334 e. The van der Waals surface area contributed by atoms with E-state index in [0.29, 0.717) is 6.54 Å².